The van der Waals surface area contributed by atoms with E-state index in [4.69, 9.17) is 0 Å². The van der Waals surface area contributed by atoms with E-state index in [9.17, 15) is 27.6 Å². The summed E-state index contributed by atoms with van der Waals surface area (Å²) in [4.78, 5) is 59.5. The maximum atomic E-state index is 14.5. The molecule has 0 aromatic carbocycles. The van der Waals surface area contributed by atoms with Gasteiger partial charge in [-0.3, -0.25) is 14.4 Å². The molecule has 5 fully saturated rings. The molecule has 5 rings (SSSR count). The summed E-state index contributed by atoms with van der Waals surface area (Å²) in [7, 11) is -1.52. The molecule has 6 atom stereocenters. The molecule has 3 aliphatic carbocycles. The second kappa shape index (κ2) is 14.4. The number of carbonyl (C=O) groups is 4. The molecule has 4 amide bonds. The van der Waals surface area contributed by atoms with E-state index in [1.807, 2.05) is 32.7 Å². The van der Waals surface area contributed by atoms with Crippen LogP contribution < -0.4 is 21.3 Å². The summed E-state index contributed by atoms with van der Waals surface area (Å²) in [6.07, 6.45) is 8.12. The Morgan fingerprint density at radius 2 is 1.65 bits per heavy atom. The normalized spacial score (nSPS) is 30.1. The van der Waals surface area contributed by atoms with Gasteiger partial charge in [0.25, 0.3) is 0 Å². The van der Waals surface area contributed by atoms with Crippen LogP contribution in [0, 0.1) is 22.7 Å². The lowest BCUT2D eigenvalue weighted by Gasteiger charge is -2.47. The van der Waals surface area contributed by atoms with Gasteiger partial charge in [-0.15, -0.1) is 0 Å². The molecule has 0 spiro atoms. The number of Topliss-reactive ketones (excluding diaryl/α,β-unsaturated/α-hetero) is 1. The summed E-state index contributed by atoms with van der Waals surface area (Å²) >= 11 is 0. The second-order valence-corrected chi connectivity index (χ2v) is 19.7. The number of rotatable bonds is 13. The van der Waals surface area contributed by atoms with Gasteiger partial charge in [0.1, 0.15) is 12.1 Å². The summed E-state index contributed by atoms with van der Waals surface area (Å²) in [5.74, 6) is -0.526. The Bertz CT molecular complexity index is 1370. The summed E-state index contributed by atoms with van der Waals surface area (Å²) in [5, 5.41) is 11.7. The van der Waals surface area contributed by atoms with Crippen molar-refractivity contribution >= 4 is 33.5 Å². The summed E-state index contributed by atoms with van der Waals surface area (Å²) in [6.45, 7) is 13.4. The van der Waals surface area contributed by atoms with Crippen molar-refractivity contribution in [1.82, 2.24) is 31.1 Å². The molecule has 0 radical (unpaired) electrons. The number of hydrogen-bond acceptors (Lipinski definition) is 8. The molecule has 5 aliphatic rings. The third-order valence-corrected chi connectivity index (χ3v) is 14.5. The minimum Gasteiger partial charge on any atom is -0.344 e. The molecule has 0 aromatic rings. The van der Waals surface area contributed by atoms with Crippen molar-refractivity contribution in [2.45, 2.75) is 141 Å². The quantitative estimate of drug-likeness (QED) is 0.228. The lowest BCUT2D eigenvalue weighted by molar-refractivity contribution is -0.144. The van der Waals surface area contributed by atoms with Crippen LogP contribution in [0.1, 0.15) is 106 Å². The van der Waals surface area contributed by atoms with Crippen molar-refractivity contribution in [2.75, 3.05) is 39.0 Å². The standard InChI is InChI=1S/C36H62N6O6S/c1-8-9-13-25(26(43)20-37-23-14-15-23)38-31(44)29-28-24(35(28,5)6)21-42(29)32(45)30(34(2,3)4)39-33(46)40-36(16-11-10-12-17-36)27-22-41(7)18-19-49(27,47)48/h23-25,27-30,37H,8-22H2,1-7H3,(H,38,44)(H2,39,40,46)/t24-,25-,27+,28-,29-,30+/m0/s1. The Labute approximate surface area is 293 Å². The number of fused-ring (bicyclic) bond motifs is 1. The molecule has 4 N–H and O–H groups in total. The van der Waals surface area contributed by atoms with Crippen LogP contribution >= 0.6 is 0 Å². The average molecular weight is 707 g/mol. The van der Waals surface area contributed by atoms with Gasteiger partial charge in [0.2, 0.25) is 11.8 Å². The van der Waals surface area contributed by atoms with Gasteiger partial charge in [0.05, 0.1) is 29.1 Å². The zero-order valence-corrected chi connectivity index (χ0v) is 31.7. The number of nitrogens with one attached hydrogen (secondary N) is 4. The van der Waals surface area contributed by atoms with Crippen molar-refractivity contribution in [3.8, 4) is 0 Å². The summed E-state index contributed by atoms with van der Waals surface area (Å²) < 4.78 is 26.8. The lowest BCUT2D eigenvalue weighted by Crippen LogP contribution is -2.68. The first-order valence-corrected chi connectivity index (χ1v) is 20.5. The minimum atomic E-state index is -3.43. The number of ketones is 1. The topological polar surface area (TPSA) is 157 Å². The van der Waals surface area contributed by atoms with Gasteiger partial charge in [-0.1, -0.05) is 73.6 Å². The predicted molar refractivity (Wildman–Crippen MR) is 190 cm³/mol. The van der Waals surface area contributed by atoms with Gasteiger partial charge in [0.15, 0.2) is 15.6 Å². The van der Waals surface area contributed by atoms with Crippen LogP contribution in [0.2, 0.25) is 0 Å². The van der Waals surface area contributed by atoms with E-state index in [0.29, 0.717) is 44.9 Å². The van der Waals surface area contributed by atoms with Gasteiger partial charge in [-0.2, -0.15) is 0 Å². The highest BCUT2D eigenvalue weighted by Crippen LogP contribution is 2.65. The number of urea groups is 1. The predicted octanol–water partition coefficient (Wildman–Crippen LogP) is 2.61. The largest absolute Gasteiger partial charge is 0.344 e. The van der Waals surface area contributed by atoms with Crippen molar-refractivity contribution in [2.24, 2.45) is 22.7 Å². The van der Waals surface area contributed by atoms with Crippen LogP contribution in [-0.4, -0.2) is 116 Å². The highest BCUT2D eigenvalue weighted by atomic mass is 32.2. The fraction of sp³-hybridized carbons (Fsp3) is 0.889. The fourth-order valence-electron chi connectivity index (χ4n) is 8.80. The minimum absolute atomic E-state index is 0.0371. The average Bonchev–Trinajstić information content (AvgIpc) is 3.89. The first-order valence-electron chi connectivity index (χ1n) is 18.8. The molecule has 3 saturated carbocycles. The smallest absolute Gasteiger partial charge is 0.315 e. The highest BCUT2D eigenvalue weighted by molar-refractivity contribution is 7.92. The molecule has 2 heterocycles. The van der Waals surface area contributed by atoms with E-state index in [1.165, 1.54) is 0 Å². The Kier molecular flexibility index (Phi) is 11.2. The van der Waals surface area contributed by atoms with Crippen molar-refractivity contribution in [3.63, 3.8) is 0 Å². The van der Waals surface area contributed by atoms with E-state index >= 15 is 0 Å². The lowest BCUT2D eigenvalue weighted by atomic mass is 9.78. The third-order valence-electron chi connectivity index (χ3n) is 12.2. The second-order valence-electron chi connectivity index (χ2n) is 17.4. The molecule has 0 aromatic heterocycles. The third kappa shape index (κ3) is 8.29. The Morgan fingerprint density at radius 1 is 0.980 bits per heavy atom. The summed E-state index contributed by atoms with van der Waals surface area (Å²) in [6, 6.07) is -2.51. The van der Waals surface area contributed by atoms with Gasteiger partial charge < -0.3 is 31.1 Å². The molecule has 12 nitrogen and oxygen atoms in total. The van der Waals surface area contributed by atoms with Gasteiger partial charge in [0, 0.05) is 25.7 Å². The first-order chi connectivity index (χ1) is 22.9. The van der Waals surface area contributed by atoms with Crippen LogP contribution in [0.5, 0.6) is 0 Å². The van der Waals surface area contributed by atoms with Crippen LogP contribution in [0.15, 0.2) is 0 Å². The van der Waals surface area contributed by atoms with Crippen molar-refractivity contribution < 1.29 is 27.6 Å². The highest BCUT2D eigenvalue weighted by Gasteiger charge is 2.70. The Balaban J connectivity index is 1.34. The molecule has 2 saturated heterocycles. The number of piperidine rings is 1. The van der Waals surface area contributed by atoms with E-state index < -0.39 is 50.2 Å². The number of nitrogens with zero attached hydrogens (tertiary/aromatic N) is 2. The van der Waals surface area contributed by atoms with Crippen molar-refractivity contribution in [3.05, 3.63) is 0 Å². The zero-order chi connectivity index (χ0) is 35.9. The molecule has 49 heavy (non-hydrogen) atoms. The SMILES string of the molecule is CCCC[C@H](NC(=O)[C@@H]1[C@@H]2[C@H](CN1C(=O)[C@@H](NC(=O)NC1([C@H]3CN(C)CCS3(=O)=O)CCCCC1)C(C)(C)C)C2(C)C)C(=O)CNC1CC1. The molecular formula is C36H62N6O6S. The monoisotopic (exact) mass is 706 g/mol. The van der Waals surface area contributed by atoms with Crippen LogP contribution in [0.3, 0.4) is 0 Å². The van der Waals surface area contributed by atoms with Gasteiger partial charge in [-0.05, 0) is 61.8 Å². The maximum Gasteiger partial charge on any atom is 0.315 e. The zero-order valence-electron chi connectivity index (χ0n) is 30.9. The van der Waals surface area contributed by atoms with Crippen LogP contribution in [0.4, 0.5) is 4.79 Å². The number of hydrogen-bond donors (Lipinski definition) is 4. The Morgan fingerprint density at radius 3 is 2.27 bits per heavy atom. The number of carbonyl (C=O) groups excluding carboxylic acids is 4. The molecule has 2 aliphatic heterocycles. The fourth-order valence-corrected chi connectivity index (χ4v) is 11.1. The van der Waals surface area contributed by atoms with Crippen LogP contribution in [-0.2, 0) is 24.2 Å². The maximum absolute atomic E-state index is 14.5. The molecule has 13 heteroatoms. The number of amides is 4. The summed E-state index contributed by atoms with van der Waals surface area (Å²) in [5.41, 5.74) is -1.75. The van der Waals surface area contributed by atoms with Gasteiger partial charge >= 0.3 is 6.03 Å². The van der Waals surface area contributed by atoms with E-state index in [-0.39, 0.29) is 47.1 Å². The first kappa shape index (κ1) is 38.0. The van der Waals surface area contributed by atoms with E-state index in [1.54, 1.807) is 4.90 Å². The van der Waals surface area contributed by atoms with Gasteiger partial charge in [-0.25, -0.2) is 13.2 Å². The number of likely N-dealkylation sites (tertiary alicyclic amines) is 1. The Hall–Kier alpha value is -2.25. The molecule has 278 valence electrons. The molecule has 0 bridgehead atoms. The van der Waals surface area contributed by atoms with E-state index in [0.717, 1.165) is 44.9 Å². The van der Waals surface area contributed by atoms with Crippen molar-refractivity contribution in [1.29, 1.82) is 0 Å². The number of unbranched alkanes of at least 4 members (excludes halogenated alkanes) is 1. The molecule has 0 unspecified atom stereocenters. The molecular weight excluding hydrogens is 644 g/mol. The number of sulfone groups is 1. The van der Waals surface area contributed by atoms with Crippen LogP contribution in [0.25, 0.3) is 0 Å². The van der Waals surface area contributed by atoms with E-state index in [2.05, 4.69) is 42.0 Å².